The Labute approximate surface area is 93.5 Å². The third-order valence-corrected chi connectivity index (χ3v) is 2.47. The van der Waals surface area contributed by atoms with Gasteiger partial charge in [0, 0.05) is 18.0 Å². The number of benzene rings is 1. The van der Waals surface area contributed by atoms with Crippen LogP contribution in [-0.2, 0) is 0 Å². The van der Waals surface area contributed by atoms with Crippen LogP contribution in [0.3, 0.4) is 0 Å². The van der Waals surface area contributed by atoms with Crippen LogP contribution in [0.2, 0.25) is 5.02 Å². The van der Waals surface area contributed by atoms with Gasteiger partial charge >= 0.3 is 0 Å². The fraction of sp³-hybridized carbons (Fsp3) is 0.0833. The molecule has 0 saturated heterocycles. The quantitative estimate of drug-likeness (QED) is 0.772. The summed E-state index contributed by atoms with van der Waals surface area (Å²) in [6.45, 7) is 0. The minimum absolute atomic E-state index is 0.655. The molecular formula is C12H10ClNO. The molecule has 0 spiro atoms. The van der Waals surface area contributed by atoms with Crippen LogP contribution >= 0.6 is 11.6 Å². The van der Waals surface area contributed by atoms with Crippen LogP contribution in [0.5, 0.6) is 5.75 Å². The Kier molecular flexibility index (Phi) is 2.88. The largest absolute Gasteiger partial charge is 0.497 e. The number of rotatable bonds is 2. The van der Waals surface area contributed by atoms with E-state index in [9.17, 15) is 0 Å². The Balaban J connectivity index is 2.42. The Morgan fingerprint density at radius 2 is 1.87 bits per heavy atom. The highest BCUT2D eigenvalue weighted by atomic mass is 35.5. The van der Waals surface area contributed by atoms with Crippen molar-refractivity contribution in [2.24, 2.45) is 0 Å². The van der Waals surface area contributed by atoms with E-state index < -0.39 is 0 Å². The lowest BCUT2D eigenvalue weighted by molar-refractivity contribution is 0.415. The van der Waals surface area contributed by atoms with Crippen molar-refractivity contribution in [1.29, 1.82) is 0 Å². The SMILES string of the molecule is COc1ccc(-c2ccncc2Cl)cc1. The maximum atomic E-state index is 6.04. The van der Waals surface area contributed by atoms with Crippen LogP contribution in [-0.4, -0.2) is 12.1 Å². The molecule has 0 unspecified atom stereocenters. The summed E-state index contributed by atoms with van der Waals surface area (Å²) in [5.74, 6) is 0.837. The lowest BCUT2D eigenvalue weighted by atomic mass is 10.1. The van der Waals surface area contributed by atoms with Crippen LogP contribution in [0.25, 0.3) is 11.1 Å². The van der Waals surface area contributed by atoms with E-state index in [2.05, 4.69) is 4.98 Å². The summed E-state index contributed by atoms with van der Waals surface area (Å²) >= 11 is 6.04. The summed E-state index contributed by atoms with van der Waals surface area (Å²) in [5.41, 5.74) is 2.04. The van der Waals surface area contributed by atoms with Crippen molar-refractivity contribution < 1.29 is 4.74 Å². The molecule has 0 atom stereocenters. The molecular weight excluding hydrogens is 210 g/mol. The van der Waals surface area contributed by atoms with E-state index in [1.165, 1.54) is 0 Å². The number of hydrogen-bond acceptors (Lipinski definition) is 2. The second-order valence-corrected chi connectivity index (χ2v) is 3.49. The highest BCUT2D eigenvalue weighted by Crippen LogP contribution is 2.27. The lowest BCUT2D eigenvalue weighted by Crippen LogP contribution is -1.84. The first-order valence-electron chi connectivity index (χ1n) is 4.55. The molecule has 0 radical (unpaired) electrons. The molecule has 0 aliphatic rings. The van der Waals surface area contributed by atoms with Gasteiger partial charge in [-0.25, -0.2) is 0 Å². The summed E-state index contributed by atoms with van der Waals surface area (Å²) in [5, 5.41) is 0.655. The van der Waals surface area contributed by atoms with Gasteiger partial charge in [0.25, 0.3) is 0 Å². The Morgan fingerprint density at radius 1 is 1.13 bits per heavy atom. The average molecular weight is 220 g/mol. The van der Waals surface area contributed by atoms with Crippen LogP contribution in [0.15, 0.2) is 42.7 Å². The van der Waals surface area contributed by atoms with E-state index in [-0.39, 0.29) is 0 Å². The number of aromatic nitrogens is 1. The predicted octanol–water partition coefficient (Wildman–Crippen LogP) is 3.41. The van der Waals surface area contributed by atoms with E-state index in [0.717, 1.165) is 16.9 Å². The number of ether oxygens (including phenoxy) is 1. The van der Waals surface area contributed by atoms with Crippen molar-refractivity contribution in [2.45, 2.75) is 0 Å². The summed E-state index contributed by atoms with van der Waals surface area (Å²) < 4.78 is 5.09. The summed E-state index contributed by atoms with van der Waals surface area (Å²) in [6.07, 6.45) is 3.37. The van der Waals surface area contributed by atoms with E-state index in [0.29, 0.717) is 5.02 Å². The number of nitrogens with zero attached hydrogens (tertiary/aromatic N) is 1. The molecule has 0 saturated carbocycles. The van der Waals surface area contributed by atoms with E-state index in [1.54, 1.807) is 19.5 Å². The monoisotopic (exact) mass is 219 g/mol. The smallest absolute Gasteiger partial charge is 0.118 e. The minimum Gasteiger partial charge on any atom is -0.497 e. The predicted molar refractivity (Wildman–Crippen MR) is 61.2 cm³/mol. The van der Waals surface area contributed by atoms with Gasteiger partial charge in [0.05, 0.1) is 12.1 Å². The first kappa shape index (κ1) is 9.99. The minimum atomic E-state index is 0.655. The summed E-state index contributed by atoms with van der Waals surface area (Å²) in [6, 6.07) is 9.66. The van der Waals surface area contributed by atoms with Crippen molar-refractivity contribution in [3.63, 3.8) is 0 Å². The van der Waals surface area contributed by atoms with Gasteiger partial charge in [-0.05, 0) is 23.8 Å². The van der Waals surface area contributed by atoms with Crippen LogP contribution in [0.1, 0.15) is 0 Å². The van der Waals surface area contributed by atoms with E-state index in [4.69, 9.17) is 16.3 Å². The average Bonchev–Trinajstić information content (AvgIpc) is 2.30. The molecule has 2 aromatic rings. The van der Waals surface area contributed by atoms with Crippen molar-refractivity contribution in [3.05, 3.63) is 47.7 Å². The van der Waals surface area contributed by atoms with Crippen LogP contribution in [0.4, 0.5) is 0 Å². The maximum absolute atomic E-state index is 6.04. The Morgan fingerprint density at radius 3 is 2.47 bits per heavy atom. The molecule has 0 aliphatic carbocycles. The molecule has 0 bridgehead atoms. The van der Waals surface area contributed by atoms with Gasteiger partial charge in [-0.3, -0.25) is 4.98 Å². The van der Waals surface area contributed by atoms with Crippen LogP contribution < -0.4 is 4.74 Å². The molecule has 0 amide bonds. The highest BCUT2D eigenvalue weighted by Gasteiger charge is 2.02. The first-order valence-corrected chi connectivity index (χ1v) is 4.93. The molecule has 3 heteroatoms. The molecule has 1 aromatic heterocycles. The fourth-order valence-electron chi connectivity index (χ4n) is 1.38. The molecule has 1 heterocycles. The molecule has 0 fully saturated rings. The normalized spacial score (nSPS) is 10.0. The zero-order chi connectivity index (χ0) is 10.7. The molecule has 0 N–H and O–H groups in total. The molecule has 2 nitrogen and oxygen atoms in total. The van der Waals surface area contributed by atoms with Gasteiger partial charge in [-0.2, -0.15) is 0 Å². The standard InChI is InChI=1S/C12H10ClNO/c1-15-10-4-2-9(3-5-10)11-6-7-14-8-12(11)13/h2-8H,1H3. The van der Waals surface area contributed by atoms with Crippen molar-refractivity contribution in [2.75, 3.05) is 7.11 Å². The van der Waals surface area contributed by atoms with E-state index in [1.807, 2.05) is 30.3 Å². The van der Waals surface area contributed by atoms with Crippen molar-refractivity contribution in [3.8, 4) is 16.9 Å². The zero-order valence-electron chi connectivity index (χ0n) is 8.27. The second kappa shape index (κ2) is 4.32. The zero-order valence-corrected chi connectivity index (χ0v) is 9.03. The van der Waals surface area contributed by atoms with Crippen LogP contribution in [0, 0.1) is 0 Å². The van der Waals surface area contributed by atoms with E-state index >= 15 is 0 Å². The van der Waals surface area contributed by atoms with Crippen molar-refractivity contribution in [1.82, 2.24) is 4.98 Å². The number of hydrogen-bond donors (Lipinski definition) is 0. The topological polar surface area (TPSA) is 22.1 Å². The Hall–Kier alpha value is -1.54. The van der Waals surface area contributed by atoms with Gasteiger partial charge < -0.3 is 4.74 Å². The second-order valence-electron chi connectivity index (χ2n) is 3.08. The van der Waals surface area contributed by atoms with Gasteiger partial charge in [-0.1, -0.05) is 23.7 Å². The fourth-order valence-corrected chi connectivity index (χ4v) is 1.61. The number of methoxy groups -OCH3 is 1. The van der Waals surface area contributed by atoms with Gasteiger partial charge in [0.1, 0.15) is 5.75 Å². The molecule has 1 aromatic carbocycles. The molecule has 0 aliphatic heterocycles. The lowest BCUT2D eigenvalue weighted by Gasteiger charge is -2.04. The Bertz CT molecular complexity index is 453. The highest BCUT2D eigenvalue weighted by molar-refractivity contribution is 6.33. The summed E-state index contributed by atoms with van der Waals surface area (Å²) in [7, 11) is 1.65. The number of halogens is 1. The van der Waals surface area contributed by atoms with Gasteiger partial charge in [0.15, 0.2) is 0 Å². The van der Waals surface area contributed by atoms with Gasteiger partial charge in [-0.15, -0.1) is 0 Å². The third-order valence-electron chi connectivity index (χ3n) is 2.17. The maximum Gasteiger partial charge on any atom is 0.118 e. The number of pyridine rings is 1. The molecule has 2 rings (SSSR count). The third kappa shape index (κ3) is 2.10. The first-order chi connectivity index (χ1) is 7.31. The summed E-state index contributed by atoms with van der Waals surface area (Å²) in [4.78, 5) is 3.95. The van der Waals surface area contributed by atoms with Crippen molar-refractivity contribution >= 4 is 11.6 Å². The van der Waals surface area contributed by atoms with Gasteiger partial charge in [0.2, 0.25) is 0 Å². The molecule has 15 heavy (non-hydrogen) atoms. The molecule has 76 valence electrons.